The van der Waals surface area contributed by atoms with Gasteiger partial charge in [0.2, 0.25) is 0 Å². The first-order valence-electron chi connectivity index (χ1n) is 6.89. The minimum atomic E-state index is -0.949. The molecule has 1 aromatic rings. The standard InChI is InChI=1S/C16H13FN2O6/c1-24-15(20)11-5-3-4-8-18(14(11)16(21)25-2)13-9-10(17)6-7-12(13)19(22)23/h3-9H,1-2H3. The summed E-state index contributed by atoms with van der Waals surface area (Å²) in [6, 6.07) is 2.76. The maximum Gasteiger partial charge on any atom is 0.355 e. The number of allylic oxidation sites excluding steroid dienone is 2. The molecule has 25 heavy (non-hydrogen) atoms. The number of nitro groups is 1. The molecule has 0 bridgehead atoms. The Morgan fingerprint density at radius 2 is 1.84 bits per heavy atom. The number of benzene rings is 1. The number of carbonyl (C=O) groups is 2. The monoisotopic (exact) mass is 348 g/mol. The second kappa shape index (κ2) is 7.39. The van der Waals surface area contributed by atoms with E-state index in [9.17, 15) is 24.1 Å². The molecule has 1 aromatic carbocycles. The predicted octanol–water partition coefficient (Wildman–Crippen LogP) is 2.22. The number of hydrogen-bond donors (Lipinski definition) is 0. The highest BCUT2D eigenvalue weighted by Crippen LogP contribution is 2.34. The first-order chi connectivity index (χ1) is 11.9. The minimum Gasteiger partial charge on any atom is -0.465 e. The van der Waals surface area contributed by atoms with Crippen LogP contribution in [0.3, 0.4) is 0 Å². The van der Waals surface area contributed by atoms with Gasteiger partial charge in [0.1, 0.15) is 17.2 Å². The summed E-state index contributed by atoms with van der Waals surface area (Å²) >= 11 is 0. The Hall–Kier alpha value is -3.49. The van der Waals surface area contributed by atoms with Crippen molar-refractivity contribution < 1.29 is 28.4 Å². The highest BCUT2D eigenvalue weighted by molar-refractivity contribution is 6.05. The quantitative estimate of drug-likeness (QED) is 0.467. The van der Waals surface area contributed by atoms with Gasteiger partial charge in [0, 0.05) is 18.3 Å². The van der Waals surface area contributed by atoms with Crippen molar-refractivity contribution in [1.29, 1.82) is 0 Å². The molecule has 0 radical (unpaired) electrons. The van der Waals surface area contributed by atoms with E-state index in [1.165, 1.54) is 24.4 Å². The fourth-order valence-corrected chi connectivity index (χ4v) is 2.20. The maximum absolute atomic E-state index is 13.7. The molecule has 130 valence electrons. The van der Waals surface area contributed by atoms with Crippen LogP contribution in [0.15, 0.2) is 53.9 Å². The third-order valence-electron chi connectivity index (χ3n) is 3.28. The van der Waals surface area contributed by atoms with Gasteiger partial charge in [0.15, 0.2) is 0 Å². The van der Waals surface area contributed by atoms with Crippen molar-refractivity contribution in [2.45, 2.75) is 0 Å². The molecule has 9 heteroatoms. The molecular weight excluding hydrogens is 335 g/mol. The van der Waals surface area contributed by atoms with E-state index in [1.54, 1.807) is 0 Å². The number of nitro benzene ring substituents is 1. The summed E-state index contributed by atoms with van der Waals surface area (Å²) in [6.45, 7) is 0. The van der Waals surface area contributed by atoms with Crippen LogP contribution in [0.4, 0.5) is 15.8 Å². The second-order valence-electron chi connectivity index (χ2n) is 4.71. The zero-order valence-corrected chi connectivity index (χ0v) is 13.3. The molecule has 1 aliphatic rings. The highest BCUT2D eigenvalue weighted by Gasteiger charge is 2.31. The third kappa shape index (κ3) is 3.55. The number of carbonyl (C=O) groups excluding carboxylic acids is 2. The van der Waals surface area contributed by atoms with Gasteiger partial charge in [-0.2, -0.15) is 0 Å². The summed E-state index contributed by atoms with van der Waals surface area (Å²) in [5, 5.41) is 11.3. The zero-order valence-electron chi connectivity index (χ0n) is 13.3. The van der Waals surface area contributed by atoms with Crippen molar-refractivity contribution in [3.8, 4) is 0 Å². The fraction of sp³-hybridized carbons (Fsp3) is 0.125. The van der Waals surface area contributed by atoms with Crippen LogP contribution in [0.5, 0.6) is 0 Å². The molecule has 0 fully saturated rings. The highest BCUT2D eigenvalue weighted by atomic mass is 19.1. The van der Waals surface area contributed by atoms with E-state index in [0.717, 1.165) is 37.3 Å². The summed E-state index contributed by atoms with van der Waals surface area (Å²) in [4.78, 5) is 35.8. The Bertz CT molecular complexity index is 828. The van der Waals surface area contributed by atoms with Crippen LogP contribution in [0, 0.1) is 15.9 Å². The Morgan fingerprint density at radius 3 is 2.44 bits per heavy atom. The largest absolute Gasteiger partial charge is 0.465 e. The van der Waals surface area contributed by atoms with Gasteiger partial charge in [-0.05, 0) is 18.2 Å². The Balaban J connectivity index is 2.78. The van der Waals surface area contributed by atoms with Crippen LogP contribution in [0.25, 0.3) is 0 Å². The molecule has 0 unspecified atom stereocenters. The number of anilines is 1. The van der Waals surface area contributed by atoms with Crippen LogP contribution in [-0.4, -0.2) is 31.1 Å². The van der Waals surface area contributed by atoms with Gasteiger partial charge in [-0.25, -0.2) is 14.0 Å². The van der Waals surface area contributed by atoms with E-state index < -0.39 is 28.4 Å². The Labute approximate surface area is 141 Å². The number of halogens is 1. The fourth-order valence-electron chi connectivity index (χ4n) is 2.20. The molecule has 1 aliphatic heterocycles. The zero-order chi connectivity index (χ0) is 18.6. The lowest BCUT2D eigenvalue weighted by atomic mass is 10.1. The summed E-state index contributed by atoms with van der Waals surface area (Å²) < 4.78 is 23.0. The summed E-state index contributed by atoms with van der Waals surface area (Å²) in [5.74, 6) is -2.56. The molecule has 1 heterocycles. The number of nitrogens with zero attached hydrogens (tertiary/aromatic N) is 2. The van der Waals surface area contributed by atoms with Gasteiger partial charge in [-0.3, -0.25) is 10.1 Å². The van der Waals surface area contributed by atoms with E-state index in [2.05, 4.69) is 9.47 Å². The molecule has 0 aromatic heterocycles. The summed E-state index contributed by atoms with van der Waals surface area (Å²) in [6.07, 6.45) is 5.42. The predicted molar refractivity (Wildman–Crippen MR) is 84.9 cm³/mol. The third-order valence-corrected chi connectivity index (χ3v) is 3.28. The van der Waals surface area contributed by atoms with Gasteiger partial charge in [-0.15, -0.1) is 0 Å². The molecule has 0 saturated heterocycles. The maximum atomic E-state index is 13.7. The van der Waals surface area contributed by atoms with Gasteiger partial charge in [-0.1, -0.05) is 6.08 Å². The molecule has 0 amide bonds. The number of rotatable bonds is 4. The molecule has 2 rings (SSSR count). The molecule has 0 N–H and O–H groups in total. The van der Waals surface area contributed by atoms with Crippen molar-refractivity contribution in [2.24, 2.45) is 0 Å². The van der Waals surface area contributed by atoms with Crippen LogP contribution in [-0.2, 0) is 19.1 Å². The van der Waals surface area contributed by atoms with E-state index in [4.69, 9.17) is 0 Å². The van der Waals surface area contributed by atoms with Crippen molar-refractivity contribution in [1.82, 2.24) is 0 Å². The smallest absolute Gasteiger partial charge is 0.355 e. The van der Waals surface area contributed by atoms with E-state index in [0.29, 0.717) is 0 Å². The lowest BCUT2D eigenvalue weighted by Gasteiger charge is -2.22. The molecule has 0 atom stereocenters. The van der Waals surface area contributed by atoms with Gasteiger partial charge < -0.3 is 14.4 Å². The lowest BCUT2D eigenvalue weighted by Crippen LogP contribution is -2.27. The van der Waals surface area contributed by atoms with E-state index in [-0.39, 0.29) is 17.0 Å². The first-order valence-corrected chi connectivity index (χ1v) is 6.89. The van der Waals surface area contributed by atoms with Crippen molar-refractivity contribution in [3.63, 3.8) is 0 Å². The van der Waals surface area contributed by atoms with Crippen molar-refractivity contribution in [3.05, 3.63) is 69.8 Å². The molecule has 0 aliphatic carbocycles. The first kappa shape index (κ1) is 17.9. The van der Waals surface area contributed by atoms with E-state index >= 15 is 0 Å². The van der Waals surface area contributed by atoms with Crippen LogP contribution >= 0.6 is 0 Å². The van der Waals surface area contributed by atoms with Crippen LogP contribution < -0.4 is 4.90 Å². The van der Waals surface area contributed by atoms with Crippen molar-refractivity contribution in [2.75, 3.05) is 19.1 Å². The topological polar surface area (TPSA) is 99.0 Å². The van der Waals surface area contributed by atoms with Gasteiger partial charge in [0.25, 0.3) is 5.69 Å². The minimum absolute atomic E-state index is 0.196. The SMILES string of the molecule is COC(=O)C1=C(C(=O)OC)N(c2cc(F)ccc2[N+](=O)[O-])C=CC=C1. The summed E-state index contributed by atoms with van der Waals surface area (Å²) in [7, 11) is 2.20. The van der Waals surface area contributed by atoms with E-state index in [1.807, 2.05) is 0 Å². The Morgan fingerprint density at radius 1 is 1.16 bits per heavy atom. The number of ether oxygens (including phenoxy) is 2. The number of esters is 2. The molecule has 0 spiro atoms. The molecular formula is C16H13FN2O6. The van der Waals surface area contributed by atoms with Crippen LogP contribution in [0.1, 0.15) is 0 Å². The number of methoxy groups -OCH3 is 2. The van der Waals surface area contributed by atoms with Crippen molar-refractivity contribution >= 4 is 23.3 Å². The normalized spacial score (nSPS) is 13.5. The second-order valence-corrected chi connectivity index (χ2v) is 4.71. The van der Waals surface area contributed by atoms with Gasteiger partial charge in [0.05, 0.1) is 24.7 Å². The average Bonchev–Trinajstić information content (AvgIpc) is 2.82. The van der Waals surface area contributed by atoms with Gasteiger partial charge >= 0.3 is 11.9 Å². The van der Waals surface area contributed by atoms with Crippen LogP contribution in [0.2, 0.25) is 0 Å². The molecule has 8 nitrogen and oxygen atoms in total. The summed E-state index contributed by atoms with van der Waals surface area (Å²) in [5.41, 5.74) is -1.24. The lowest BCUT2D eigenvalue weighted by molar-refractivity contribution is -0.384. The Kier molecular flexibility index (Phi) is 5.28. The average molecular weight is 348 g/mol. The molecule has 0 saturated carbocycles. The number of hydrogen-bond acceptors (Lipinski definition) is 7.